The third-order valence-electron chi connectivity index (χ3n) is 4.71. The highest BCUT2D eigenvalue weighted by atomic mass is 19.1. The molecule has 1 heterocycles. The Morgan fingerprint density at radius 2 is 1.56 bits per heavy atom. The number of halogens is 1. The Bertz CT molecular complexity index is 1150. The van der Waals surface area contributed by atoms with Crippen molar-refractivity contribution in [3.05, 3.63) is 82.0 Å². The van der Waals surface area contributed by atoms with Crippen LogP contribution in [0.2, 0.25) is 0 Å². The van der Waals surface area contributed by atoms with Crippen molar-refractivity contribution in [1.29, 1.82) is 0 Å². The van der Waals surface area contributed by atoms with E-state index in [2.05, 4.69) is 19.1 Å². The summed E-state index contributed by atoms with van der Waals surface area (Å²) in [5, 5.41) is 1.79. The summed E-state index contributed by atoms with van der Waals surface area (Å²) >= 11 is 0. The van der Waals surface area contributed by atoms with E-state index in [1.165, 1.54) is 5.56 Å². The lowest BCUT2D eigenvalue weighted by Gasteiger charge is -2.08. The van der Waals surface area contributed by atoms with E-state index in [1.807, 2.05) is 30.3 Å². The van der Waals surface area contributed by atoms with E-state index in [0.29, 0.717) is 21.7 Å². The number of aryl methyl sites for hydroxylation is 2. The normalized spacial score (nSPS) is 11.3. The van der Waals surface area contributed by atoms with Crippen molar-refractivity contribution in [2.75, 3.05) is 0 Å². The molecule has 0 aliphatic heterocycles. The van der Waals surface area contributed by atoms with Gasteiger partial charge in [-0.15, -0.1) is 0 Å². The molecule has 1 aromatic heterocycles. The Balaban J connectivity index is 1.97. The summed E-state index contributed by atoms with van der Waals surface area (Å²) in [6, 6.07) is 17.4. The molecule has 0 N–H and O–H groups in total. The second-order valence-corrected chi connectivity index (χ2v) is 6.27. The molecule has 0 aliphatic carbocycles. The van der Waals surface area contributed by atoms with Crippen LogP contribution in [0, 0.1) is 12.7 Å². The molecule has 0 atom stereocenters. The van der Waals surface area contributed by atoms with E-state index in [1.54, 1.807) is 19.1 Å². The van der Waals surface area contributed by atoms with Gasteiger partial charge in [0.25, 0.3) is 0 Å². The number of benzene rings is 3. The van der Waals surface area contributed by atoms with Crippen LogP contribution in [0.5, 0.6) is 0 Å². The van der Waals surface area contributed by atoms with Crippen LogP contribution in [0.4, 0.5) is 4.39 Å². The van der Waals surface area contributed by atoms with Gasteiger partial charge in [0, 0.05) is 10.8 Å². The third-order valence-corrected chi connectivity index (χ3v) is 4.71. The molecule has 3 aromatic carbocycles. The second-order valence-electron chi connectivity index (χ2n) is 6.27. The van der Waals surface area contributed by atoms with Gasteiger partial charge in [0.15, 0.2) is 11.4 Å². The van der Waals surface area contributed by atoms with Gasteiger partial charge in [-0.05, 0) is 41.7 Å². The molecule has 4 aromatic rings. The molecule has 4 rings (SSSR count). The first-order chi connectivity index (χ1) is 12.1. The molecule has 3 heteroatoms. The molecule has 0 fully saturated rings. The van der Waals surface area contributed by atoms with Crippen molar-refractivity contribution in [1.82, 2.24) is 0 Å². The van der Waals surface area contributed by atoms with E-state index in [4.69, 9.17) is 4.42 Å². The van der Waals surface area contributed by atoms with E-state index in [9.17, 15) is 9.18 Å². The minimum Gasteiger partial charge on any atom is -0.419 e. The molecular weight excluding hydrogens is 315 g/mol. The maximum atomic E-state index is 14.3. The van der Waals surface area contributed by atoms with Crippen LogP contribution in [0.15, 0.2) is 63.8 Å². The van der Waals surface area contributed by atoms with Gasteiger partial charge in [-0.1, -0.05) is 55.5 Å². The van der Waals surface area contributed by atoms with Gasteiger partial charge in [0.2, 0.25) is 0 Å². The van der Waals surface area contributed by atoms with Crippen LogP contribution in [0.25, 0.3) is 32.9 Å². The van der Waals surface area contributed by atoms with Crippen LogP contribution >= 0.6 is 0 Å². The Hall–Kier alpha value is -2.94. The van der Waals surface area contributed by atoms with Crippen molar-refractivity contribution in [3.8, 4) is 11.1 Å². The Labute approximate surface area is 144 Å². The first-order valence-corrected chi connectivity index (χ1v) is 8.33. The zero-order valence-corrected chi connectivity index (χ0v) is 14.1. The zero-order valence-electron chi connectivity index (χ0n) is 14.1. The van der Waals surface area contributed by atoms with Crippen LogP contribution in [0.1, 0.15) is 18.1 Å². The summed E-state index contributed by atoms with van der Waals surface area (Å²) in [6.45, 7) is 3.77. The standard InChI is InChI=1S/C22H17FO2/c1-3-14-5-7-15(8-6-14)16-9-11-17-18-10-4-13(2)20(23)21(18)25-22(24)19(17)12-16/h4-12H,3H2,1-2H3. The Kier molecular flexibility index (Phi) is 3.65. The van der Waals surface area contributed by atoms with Crippen LogP contribution in [-0.4, -0.2) is 0 Å². The summed E-state index contributed by atoms with van der Waals surface area (Å²) in [5.41, 5.74) is 3.21. The van der Waals surface area contributed by atoms with Crippen LogP contribution in [-0.2, 0) is 6.42 Å². The number of hydrogen-bond donors (Lipinski definition) is 0. The quantitative estimate of drug-likeness (QED) is 0.352. The lowest BCUT2D eigenvalue weighted by molar-refractivity contribution is 0.527. The molecule has 0 radical (unpaired) electrons. The minimum absolute atomic E-state index is 0.0255. The van der Waals surface area contributed by atoms with Gasteiger partial charge < -0.3 is 4.42 Å². The largest absolute Gasteiger partial charge is 0.419 e. The molecule has 0 bridgehead atoms. The zero-order chi connectivity index (χ0) is 17.6. The number of fused-ring (bicyclic) bond motifs is 3. The van der Waals surface area contributed by atoms with Crippen molar-refractivity contribution < 1.29 is 8.81 Å². The van der Waals surface area contributed by atoms with E-state index < -0.39 is 11.4 Å². The van der Waals surface area contributed by atoms with Gasteiger partial charge >= 0.3 is 5.63 Å². The van der Waals surface area contributed by atoms with Crippen LogP contribution < -0.4 is 5.63 Å². The number of rotatable bonds is 2. The molecule has 0 unspecified atom stereocenters. The number of hydrogen-bond acceptors (Lipinski definition) is 2. The summed E-state index contributed by atoms with van der Waals surface area (Å²) in [5.74, 6) is -0.476. The van der Waals surface area contributed by atoms with Crippen molar-refractivity contribution in [2.45, 2.75) is 20.3 Å². The topological polar surface area (TPSA) is 30.2 Å². The fraction of sp³-hybridized carbons (Fsp3) is 0.136. The average molecular weight is 332 g/mol. The highest BCUT2D eigenvalue weighted by Gasteiger charge is 2.13. The molecule has 0 saturated carbocycles. The van der Waals surface area contributed by atoms with Gasteiger partial charge in [-0.3, -0.25) is 0 Å². The predicted octanol–water partition coefficient (Wildman–Crippen LogP) is 5.62. The first-order valence-electron chi connectivity index (χ1n) is 8.33. The monoisotopic (exact) mass is 332 g/mol. The Morgan fingerprint density at radius 3 is 2.28 bits per heavy atom. The summed E-state index contributed by atoms with van der Waals surface area (Å²) in [6.07, 6.45) is 0.985. The molecule has 124 valence electrons. The maximum Gasteiger partial charge on any atom is 0.344 e. The molecule has 0 amide bonds. The molecule has 25 heavy (non-hydrogen) atoms. The molecular formula is C22H17FO2. The van der Waals surface area contributed by atoms with Crippen LogP contribution in [0.3, 0.4) is 0 Å². The smallest absolute Gasteiger partial charge is 0.344 e. The van der Waals surface area contributed by atoms with Gasteiger partial charge in [0.1, 0.15) is 0 Å². The SMILES string of the molecule is CCc1ccc(-c2ccc3c(c2)c(=O)oc2c(F)c(C)ccc23)cc1. The second kappa shape index (κ2) is 5.85. The molecule has 0 aliphatic rings. The molecule has 0 saturated heterocycles. The fourth-order valence-corrected chi connectivity index (χ4v) is 3.17. The highest BCUT2D eigenvalue weighted by molar-refractivity contribution is 6.05. The van der Waals surface area contributed by atoms with Crippen molar-refractivity contribution >= 4 is 21.7 Å². The van der Waals surface area contributed by atoms with E-state index >= 15 is 0 Å². The summed E-state index contributed by atoms with van der Waals surface area (Å²) in [7, 11) is 0. The average Bonchev–Trinajstić information content (AvgIpc) is 2.65. The fourth-order valence-electron chi connectivity index (χ4n) is 3.17. The highest BCUT2D eigenvalue weighted by Crippen LogP contribution is 2.29. The molecule has 2 nitrogen and oxygen atoms in total. The molecule has 0 spiro atoms. The van der Waals surface area contributed by atoms with E-state index in [-0.39, 0.29) is 5.58 Å². The maximum absolute atomic E-state index is 14.3. The van der Waals surface area contributed by atoms with Gasteiger partial charge in [0.05, 0.1) is 5.39 Å². The van der Waals surface area contributed by atoms with Gasteiger partial charge in [-0.2, -0.15) is 0 Å². The summed E-state index contributed by atoms with van der Waals surface area (Å²) in [4.78, 5) is 12.4. The van der Waals surface area contributed by atoms with Crippen molar-refractivity contribution in [3.63, 3.8) is 0 Å². The lowest BCUT2D eigenvalue weighted by atomic mass is 9.99. The van der Waals surface area contributed by atoms with Gasteiger partial charge in [-0.25, -0.2) is 9.18 Å². The van der Waals surface area contributed by atoms with Crippen molar-refractivity contribution in [2.24, 2.45) is 0 Å². The first kappa shape index (κ1) is 15.6. The summed E-state index contributed by atoms with van der Waals surface area (Å²) < 4.78 is 19.6. The lowest BCUT2D eigenvalue weighted by Crippen LogP contribution is -2.01. The third kappa shape index (κ3) is 2.52. The van der Waals surface area contributed by atoms with E-state index in [0.717, 1.165) is 17.5 Å². The Morgan fingerprint density at radius 1 is 0.880 bits per heavy atom. The minimum atomic E-state index is -0.515. The predicted molar refractivity (Wildman–Crippen MR) is 99.5 cm³/mol.